The molecule has 0 saturated carbocycles. The number of thiophene rings is 1. The van der Waals surface area contributed by atoms with Gasteiger partial charge in [-0.2, -0.15) is 0 Å². The van der Waals surface area contributed by atoms with Gasteiger partial charge in [0.05, 0.1) is 5.52 Å². The van der Waals surface area contributed by atoms with Crippen LogP contribution in [0.3, 0.4) is 0 Å². The highest BCUT2D eigenvalue weighted by atomic mass is 32.1. The molecule has 47 heavy (non-hydrogen) atoms. The fraction of sp³-hybridized carbons (Fsp3) is 0. The van der Waals surface area contributed by atoms with Crippen LogP contribution >= 0.6 is 11.3 Å². The molecule has 0 unspecified atom stereocenters. The smallest absolute Gasteiger partial charge is 0.125 e. The topological polar surface area (TPSA) is 12.9 Å². The number of benzene rings is 8. The lowest BCUT2D eigenvalue weighted by Gasteiger charge is -2.19. The second-order valence-electron chi connectivity index (χ2n) is 12.2. The molecule has 0 aliphatic rings. The number of hydrogen-bond acceptors (Lipinski definition) is 2. The summed E-state index contributed by atoms with van der Waals surface area (Å²) in [6, 6.07) is 59.7. The van der Waals surface area contributed by atoms with Crippen LogP contribution in [0.25, 0.3) is 96.9 Å². The molecule has 2 heterocycles. The van der Waals surface area contributed by atoms with E-state index in [0.717, 1.165) is 10.3 Å². The van der Waals surface area contributed by atoms with E-state index in [1.165, 1.54) is 86.6 Å². The molecule has 0 radical (unpaired) electrons. The summed E-state index contributed by atoms with van der Waals surface area (Å²) < 4.78 is 1.27. The molecule has 10 aromatic rings. The number of aromatic nitrogens is 1. The van der Waals surface area contributed by atoms with Crippen LogP contribution in [0, 0.1) is 0 Å². The SMILES string of the molecule is c1ccc2c(-c3c4ccccc4c(-c4ccc(-c5c6ccccc6nc6sc7ccccc7c56)cc4)c4ccccc34)cccc2c1. The van der Waals surface area contributed by atoms with Crippen molar-refractivity contribution < 1.29 is 0 Å². The zero-order valence-electron chi connectivity index (χ0n) is 25.4. The van der Waals surface area contributed by atoms with Crippen LogP contribution in [0.5, 0.6) is 0 Å². The van der Waals surface area contributed by atoms with Gasteiger partial charge in [0.15, 0.2) is 0 Å². The predicted octanol–water partition coefficient (Wildman–Crippen LogP) is 13.1. The van der Waals surface area contributed by atoms with Crippen molar-refractivity contribution in [2.24, 2.45) is 0 Å². The molecule has 0 saturated heterocycles. The van der Waals surface area contributed by atoms with E-state index in [1.54, 1.807) is 11.3 Å². The molecular formula is C45H27NS. The molecule has 8 aromatic carbocycles. The molecule has 0 fully saturated rings. The molecule has 0 aliphatic heterocycles. The van der Waals surface area contributed by atoms with Gasteiger partial charge in [-0.15, -0.1) is 11.3 Å². The maximum Gasteiger partial charge on any atom is 0.125 e. The zero-order valence-corrected chi connectivity index (χ0v) is 26.3. The third kappa shape index (κ3) is 3.99. The van der Waals surface area contributed by atoms with Gasteiger partial charge in [0, 0.05) is 26.4 Å². The Morgan fingerprint density at radius 1 is 0.362 bits per heavy atom. The molecule has 2 heteroatoms. The monoisotopic (exact) mass is 613 g/mol. The predicted molar refractivity (Wildman–Crippen MR) is 203 cm³/mol. The molecule has 0 bridgehead atoms. The van der Waals surface area contributed by atoms with E-state index in [1.807, 2.05) is 0 Å². The third-order valence-corrected chi connectivity index (χ3v) is 10.7. The van der Waals surface area contributed by atoms with Gasteiger partial charge >= 0.3 is 0 Å². The van der Waals surface area contributed by atoms with Crippen LogP contribution in [-0.4, -0.2) is 4.98 Å². The van der Waals surface area contributed by atoms with E-state index >= 15 is 0 Å². The van der Waals surface area contributed by atoms with Crippen LogP contribution in [0.1, 0.15) is 0 Å². The van der Waals surface area contributed by atoms with E-state index in [2.05, 4.69) is 164 Å². The van der Waals surface area contributed by atoms with E-state index in [4.69, 9.17) is 4.98 Å². The molecule has 10 rings (SSSR count). The number of hydrogen-bond donors (Lipinski definition) is 0. The summed E-state index contributed by atoms with van der Waals surface area (Å²) in [6.45, 7) is 0. The molecule has 0 spiro atoms. The van der Waals surface area contributed by atoms with E-state index in [-0.39, 0.29) is 0 Å². The molecule has 0 N–H and O–H groups in total. The second kappa shape index (κ2) is 10.3. The van der Waals surface area contributed by atoms with Crippen molar-refractivity contribution in [2.75, 3.05) is 0 Å². The summed E-state index contributed by atoms with van der Waals surface area (Å²) in [5, 5.41) is 11.3. The van der Waals surface area contributed by atoms with E-state index in [9.17, 15) is 0 Å². The average Bonchev–Trinajstić information content (AvgIpc) is 3.51. The van der Waals surface area contributed by atoms with Crippen molar-refractivity contribution >= 4 is 74.9 Å². The first-order valence-electron chi connectivity index (χ1n) is 16.1. The fourth-order valence-electron chi connectivity index (χ4n) is 7.66. The number of nitrogens with zero attached hydrogens (tertiary/aromatic N) is 1. The van der Waals surface area contributed by atoms with Crippen molar-refractivity contribution in [3.8, 4) is 33.4 Å². The normalized spacial score (nSPS) is 11.8. The van der Waals surface area contributed by atoms with Gasteiger partial charge in [0.25, 0.3) is 0 Å². The number of rotatable bonds is 3. The van der Waals surface area contributed by atoms with Crippen LogP contribution in [0.15, 0.2) is 164 Å². The van der Waals surface area contributed by atoms with Gasteiger partial charge in [0.2, 0.25) is 0 Å². The molecular weight excluding hydrogens is 587 g/mol. The summed E-state index contributed by atoms with van der Waals surface area (Å²) >= 11 is 1.78. The first kappa shape index (κ1) is 26.4. The Labute approximate surface area is 276 Å². The maximum absolute atomic E-state index is 5.11. The highest BCUT2D eigenvalue weighted by Crippen LogP contribution is 2.47. The van der Waals surface area contributed by atoms with Gasteiger partial charge in [-0.1, -0.05) is 152 Å². The second-order valence-corrected chi connectivity index (χ2v) is 13.3. The lowest BCUT2D eigenvalue weighted by atomic mass is 9.84. The van der Waals surface area contributed by atoms with Crippen LogP contribution in [-0.2, 0) is 0 Å². The van der Waals surface area contributed by atoms with E-state index in [0.29, 0.717) is 0 Å². The van der Waals surface area contributed by atoms with Crippen LogP contribution in [0.4, 0.5) is 0 Å². The Bertz CT molecular complexity index is 2780. The van der Waals surface area contributed by atoms with Gasteiger partial charge in [-0.3, -0.25) is 0 Å². The molecule has 0 amide bonds. The van der Waals surface area contributed by atoms with Gasteiger partial charge in [0.1, 0.15) is 4.83 Å². The van der Waals surface area contributed by atoms with Gasteiger partial charge in [-0.05, 0) is 72.3 Å². The standard InChI is InChI=1S/C45H27NS/c1-2-14-31-28(12-1)13-11-21-32(31)43-35-17-5-3-15-33(35)41(34-16-4-6-18-36(34)43)29-24-26-30(27-25-29)42-37-19-7-9-22-39(37)46-45-44(42)38-20-8-10-23-40(38)47-45/h1-27H. The first-order valence-corrected chi connectivity index (χ1v) is 16.9. The lowest BCUT2D eigenvalue weighted by Crippen LogP contribution is -1.92. The first-order chi connectivity index (χ1) is 23.3. The Morgan fingerprint density at radius 3 is 1.57 bits per heavy atom. The van der Waals surface area contributed by atoms with Gasteiger partial charge < -0.3 is 0 Å². The quantitative estimate of drug-likeness (QED) is 0.181. The van der Waals surface area contributed by atoms with Crippen molar-refractivity contribution in [2.45, 2.75) is 0 Å². The fourth-order valence-corrected chi connectivity index (χ4v) is 8.75. The van der Waals surface area contributed by atoms with Crippen molar-refractivity contribution in [3.63, 3.8) is 0 Å². The van der Waals surface area contributed by atoms with Crippen LogP contribution < -0.4 is 0 Å². The summed E-state index contributed by atoms with van der Waals surface area (Å²) in [7, 11) is 0. The highest BCUT2D eigenvalue weighted by molar-refractivity contribution is 7.25. The largest absolute Gasteiger partial charge is 0.237 e. The minimum absolute atomic E-state index is 1.03. The lowest BCUT2D eigenvalue weighted by molar-refractivity contribution is 1.54. The molecule has 2 aromatic heterocycles. The van der Waals surface area contributed by atoms with Crippen LogP contribution in [0.2, 0.25) is 0 Å². The molecule has 0 aliphatic carbocycles. The Hall–Kier alpha value is -5.83. The highest BCUT2D eigenvalue weighted by Gasteiger charge is 2.19. The number of fused-ring (bicyclic) bond motifs is 7. The molecule has 218 valence electrons. The summed E-state index contributed by atoms with van der Waals surface area (Å²) in [6.07, 6.45) is 0. The minimum Gasteiger partial charge on any atom is -0.237 e. The Balaban J connectivity index is 1.24. The number of pyridine rings is 1. The Morgan fingerprint density at radius 2 is 0.872 bits per heavy atom. The summed E-state index contributed by atoms with van der Waals surface area (Å²) in [5.41, 5.74) is 8.56. The maximum atomic E-state index is 5.11. The van der Waals surface area contributed by atoms with Crippen molar-refractivity contribution in [1.29, 1.82) is 0 Å². The minimum atomic E-state index is 1.03. The average molecular weight is 614 g/mol. The summed E-state index contributed by atoms with van der Waals surface area (Å²) in [5.74, 6) is 0. The molecule has 0 atom stereocenters. The number of para-hydroxylation sites is 1. The zero-order chi connectivity index (χ0) is 30.9. The Kier molecular flexibility index (Phi) is 5.81. The van der Waals surface area contributed by atoms with Crippen molar-refractivity contribution in [1.82, 2.24) is 4.98 Å². The van der Waals surface area contributed by atoms with Gasteiger partial charge in [-0.25, -0.2) is 4.98 Å². The van der Waals surface area contributed by atoms with Crippen molar-refractivity contribution in [3.05, 3.63) is 164 Å². The summed E-state index contributed by atoms with van der Waals surface area (Å²) in [4.78, 5) is 6.19. The third-order valence-electron chi connectivity index (χ3n) is 9.67. The molecule has 1 nitrogen and oxygen atoms in total. The van der Waals surface area contributed by atoms with E-state index < -0.39 is 0 Å².